The minimum absolute atomic E-state index is 0.000227. The zero-order valence-corrected chi connectivity index (χ0v) is 18.6. The summed E-state index contributed by atoms with van der Waals surface area (Å²) in [5.74, 6) is 8.05. The highest BCUT2D eigenvalue weighted by molar-refractivity contribution is 5.98. The zero-order chi connectivity index (χ0) is 26.0. The largest absolute Gasteiger partial charge is 0.341 e. The molecule has 2 unspecified atom stereocenters. The summed E-state index contributed by atoms with van der Waals surface area (Å²) in [6, 6.07) is 8.12. The molecule has 8 nitrogen and oxygen atoms in total. The molecular formula is C24H21F3N4O4. The molecule has 2 aromatic rings. The van der Waals surface area contributed by atoms with Gasteiger partial charge in [0, 0.05) is 23.7 Å². The molecule has 0 saturated heterocycles. The first-order chi connectivity index (χ1) is 16.6. The van der Waals surface area contributed by atoms with Crippen molar-refractivity contribution >= 4 is 17.8 Å². The van der Waals surface area contributed by atoms with Gasteiger partial charge in [-0.1, -0.05) is 11.8 Å². The topological polar surface area (TPSA) is 120 Å². The number of benzene rings is 2. The van der Waals surface area contributed by atoms with E-state index in [-0.39, 0.29) is 11.4 Å². The first kappa shape index (κ1) is 26.8. The highest BCUT2D eigenvalue weighted by atomic mass is 19.3. The predicted octanol–water partition coefficient (Wildman–Crippen LogP) is 1.79. The average molecular weight is 486 g/mol. The zero-order valence-electron chi connectivity index (χ0n) is 18.6. The van der Waals surface area contributed by atoms with Crippen LogP contribution in [0.15, 0.2) is 48.5 Å². The molecule has 0 spiro atoms. The Hall–Kier alpha value is -4.48. The fourth-order valence-electron chi connectivity index (χ4n) is 2.77. The third kappa shape index (κ3) is 7.25. The van der Waals surface area contributed by atoms with Crippen molar-refractivity contribution < 1.29 is 32.8 Å². The van der Waals surface area contributed by atoms with Gasteiger partial charge < -0.3 is 16.0 Å². The highest BCUT2D eigenvalue weighted by Gasteiger charge is 2.48. The highest BCUT2D eigenvalue weighted by Crippen LogP contribution is 2.21. The number of rotatable bonds is 6. The number of urea groups is 1. The average Bonchev–Trinajstić information content (AvgIpc) is 2.85. The first-order valence-electron chi connectivity index (χ1n) is 10.0. The summed E-state index contributed by atoms with van der Waals surface area (Å²) >= 11 is 0. The fraction of sp³-hybridized carbons (Fsp3) is 0.208. The molecule has 35 heavy (non-hydrogen) atoms. The smallest absolute Gasteiger partial charge is 0.315 e. The standard InChI is InChI=1S/C24H21F3N4O4/c1-24(22(26)27,30-23(34)28-2)19(21(33)31-35)29-20(32)17-11-7-15(8-12-17)5-3-4-6-16-9-13-18(25)14-10-16/h7-14,19,22,35H,1-2H3,(H,29,32)(H,31,33)(H2,28,30,34). The molecule has 2 atom stereocenters. The number of carbonyl (C=O) groups is 3. The van der Waals surface area contributed by atoms with Gasteiger partial charge in [0.2, 0.25) is 0 Å². The van der Waals surface area contributed by atoms with E-state index in [9.17, 15) is 27.6 Å². The predicted molar refractivity (Wildman–Crippen MR) is 120 cm³/mol. The van der Waals surface area contributed by atoms with Crippen molar-refractivity contribution in [3.63, 3.8) is 0 Å². The normalized spacial score (nSPS) is 12.5. The number of hydrogen-bond acceptors (Lipinski definition) is 4. The van der Waals surface area contributed by atoms with Crippen LogP contribution >= 0.6 is 0 Å². The molecule has 0 aliphatic heterocycles. The van der Waals surface area contributed by atoms with E-state index in [0.29, 0.717) is 11.1 Å². The maximum atomic E-state index is 13.8. The number of carbonyl (C=O) groups excluding carboxylic acids is 3. The number of hydroxylamine groups is 1. The van der Waals surface area contributed by atoms with Crippen molar-refractivity contribution in [2.45, 2.75) is 24.9 Å². The summed E-state index contributed by atoms with van der Waals surface area (Å²) in [7, 11) is 1.18. The van der Waals surface area contributed by atoms with E-state index >= 15 is 0 Å². The second-order valence-electron chi connectivity index (χ2n) is 7.25. The van der Waals surface area contributed by atoms with Gasteiger partial charge in [-0.15, -0.1) is 0 Å². The van der Waals surface area contributed by atoms with Crippen LogP contribution in [0.2, 0.25) is 0 Å². The third-order valence-corrected chi connectivity index (χ3v) is 4.78. The van der Waals surface area contributed by atoms with Gasteiger partial charge in [0.05, 0.1) is 0 Å². The lowest BCUT2D eigenvalue weighted by molar-refractivity contribution is -0.135. The van der Waals surface area contributed by atoms with Crippen LogP contribution in [0.4, 0.5) is 18.0 Å². The van der Waals surface area contributed by atoms with Crippen LogP contribution in [-0.2, 0) is 4.79 Å². The fourth-order valence-corrected chi connectivity index (χ4v) is 2.77. The van der Waals surface area contributed by atoms with E-state index in [1.807, 2.05) is 5.32 Å². The van der Waals surface area contributed by atoms with E-state index in [0.717, 1.165) is 6.92 Å². The molecule has 0 heterocycles. The van der Waals surface area contributed by atoms with Crippen molar-refractivity contribution in [1.82, 2.24) is 21.4 Å². The summed E-state index contributed by atoms with van der Waals surface area (Å²) in [5, 5.41) is 15.1. The molecule has 182 valence electrons. The van der Waals surface area contributed by atoms with Gasteiger partial charge in [-0.25, -0.2) is 23.4 Å². The Morgan fingerprint density at radius 2 is 1.46 bits per heavy atom. The number of alkyl halides is 2. The molecular weight excluding hydrogens is 465 g/mol. The van der Waals surface area contributed by atoms with Crippen LogP contribution in [0, 0.1) is 29.5 Å². The minimum atomic E-state index is -3.30. The van der Waals surface area contributed by atoms with Crippen LogP contribution in [-0.4, -0.2) is 48.1 Å². The Morgan fingerprint density at radius 3 is 1.91 bits per heavy atom. The number of nitrogens with one attached hydrogen (secondary N) is 4. The molecule has 0 saturated carbocycles. The molecule has 2 aromatic carbocycles. The second kappa shape index (κ2) is 12.1. The molecule has 0 radical (unpaired) electrons. The van der Waals surface area contributed by atoms with Gasteiger partial charge in [0.15, 0.2) is 0 Å². The molecule has 5 N–H and O–H groups in total. The van der Waals surface area contributed by atoms with Gasteiger partial charge in [-0.05, 0) is 67.3 Å². The molecule has 0 bridgehead atoms. The van der Waals surface area contributed by atoms with Crippen LogP contribution in [0.5, 0.6) is 0 Å². The monoisotopic (exact) mass is 486 g/mol. The number of halogens is 3. The minimum Gasteiger partial charge on any atom is -0.341 e. The summed E-state index contributed by atoms with van der Waals surface area (Å²) in [6.45, 7) is 0.846. The number of amides is 4. The van der Waals surface area contributed by atoms with Crippen molar-refractivity contribution in [3.05, 3.63) is 71.0 Å². The van der Waals surface area contributed by atoms with E-state index in [1.165, 1.54) is 61.1 Å². The summed E-state index contributed by atoms with van der Waals surface area (Å²) in [5.41, 5.74) is -0.276. The summed E-state index contributed by atoms with van der Waals surface area (Å²) in [4.78, 5) is 36.4. The lowest BCUT2D eigenvalue weighted by atomic mass is 9.91. The van der Waals surface area contributed by atoms with Crippen molar-refractivity contribution in [1.29, 1.82) is 0 Å². The summed E-state index contributed by atoms with van der Waals surface area (Å²) < 4.78 is 40.5. The first-order valence-corrected chi connectivity index (χ1v) is 10.0. The molecule has 0 aromatic heterocycles. The van der Waals surface area contributed by atoms with Crippen molar-refractivity contribution in [2.75, 3.05) is 7.05 Å². The van der Waals surface area contributed by atoms with Crippen LogP contribution < -0.4 is 21.4 Å². The van der Waals surface area contributed by atoms with Gasteiger partial charge in [-0.3, -0.25) is 14.8 Å². The molecule has 0 aliphatic rings. The Kier molecular flexibility index (Phi) is 9.27. The van der Waals surface area contributed by atoms with E-state index in [4.69, 9.17) is 5.21 Å². The Balaban J connectivity index is 2.18. The lowest BCUT2D eigenvalue weighted by Crippen LogP contribution is -2.69. The molecule has 0 fully saturated rings. The van der Waals surface area contributed by atoms with E-state index < -0.39 is 35.9 Å². The van der Waals surface area contributed by atoms with Crippen LogP contribution in [0.25, 0.3) is 0 Å². The quantitative estimate of drug-likeness (QED) is 0.243. The van der Waals surface area contributed by atoms with Crippen molar-refractivity contribution in [3.8, 4) is 23.7 Å². The third-order valence-electron chi connectivity index (χ3n) is 4.78. The van der Waals surface area contributed by atoms with Gasteiger partial charge in [0.1, 0.15) is 17.4 Å². The molecule has 11 heteroatoms. The number of hydrogen-bond donors (Lipinski definition) is 5. The SMILES string of the molecule is CNC(=O)NC(C)(C(F)F)C(NC(=O)c1ccc(C#CC#Cc2ccc(F)cc2)cc1)C(=O)NO. The Morgan fingerprint density at radius 1 is 0.943 bits per heavy atom. The molecule has 2 rings (SSSR count). The van der Waals surface area contributed by atoms with Gasteiger partial charge >= 0.3 is 6.03 Å². The molecule has 4 amide bonds. The maximum absolute atomic E-state index is 13.8. The van der Waals surface area contributed by atoms with Crippen molar-refractivity contribution in [2.24, 2.45) is 0 Å². The van der Waals surface area contributed by atoms with E-state index in [1.54, 1.807) is 0 Å². The second-order valence-corrected chi connectivity index (χ2v) is 7.25. The van der Waals surface area contributed by atoms with Crippen LogP contribution in [0.3, 0.4) is 0 Å². The Bertz CT molecular complexity index is 1200. The summed E-state index contributed by atoms with van der Waals surface area (Å²) in [6.07, 6.45) is -3.30. The molecule has 0 aliphatic carbocycles. The van der Waals surface area contributed by atoms with Gasteiger partial charge in [-0.2, -0.15) is 0 Å². The maximum Gasteiger partial charge on any atom is 0.315 e. The Labute approximate surface area is 199 Å². The lowest BCUT2D eigenvalue weighted by Gasteiger charge is -2.36. The van der Waals surface area contributed by atoms with E-state index in [2.05, 4.69) is 34.3 Å². The van der Waals surface area contributed by atoms with Crippen LogP contribution in [0.1, 0.15) is 28.4 Å². The van der Waals surface area contributed by atoms with Gasteiger partial charge in [0.25, 0.3) is 18.2 Å².